The smallest absolute Gasteiger partial charge is 0.0491 e. The second-order valence-electron chi connectivity index (χ2n) is 4.58. The molecule has 0 saturated heterocycles. The fourth-order valence-electron chi connectivity index (χ4n) is 2.06. The molecule has 17 heavy (non-hydrogen) atoms. The van der Waals surface area contributed by atoms with Crippen molar-refractivity contribution in [3.8, 4) is 0 Å². The molecule has 0 heterocycles. The van der Waals surface area contributed by atoms with Crippen LogP contribution in [-0.4, -0.2) is 27.3 Å². The van der Waals surface area contributed by atoms with E-state index in [1.807, 2.05) is 19.2 Å². The van der Waals surface area contributed by atoms with Crippen LogP contribution in [0.3, 0.4) is 0 Å². The van der Waals surface area contributed by atoms with Crippen LogP contribution in [0, 0.1) is 11.8 Å². The fraction of sp³-hybridized carbons (Fsp3) is 0.571. The molecule has 1 N–H and O–H groups in total. The Bertz CT molecular complexity index is 313. The molecule has 0 fully saturated rings. The molecule has 0 aliphatic heterocycles. The Labute approximate surface area is 109 Å². The van der Waals surface area contributed by atoms with E-state index in [-0.39, 0.29) is 0 Å². The second kappa shape index (κ2) is 7.70. The lowest BCUT2D eigenvalue weighted by Crippen LogP contribution is -2.28. The lowest BCUT2D eigenvalue weighted by Gasteiger charge is -2.23. The summed E-state index contributed by atoms with van der Waals surface area (Å²) in [6.45, 7) is 4.05. The molecule has 0 bridgehead atoms. The molecule has 96 valence electrons. The standard InChI is InChI=1S/C14H22ClNO/c1-11(10-17-3)13(9-16-2)8-12-4-6-14(15)7-5-12/h4-7,11,13,16H,8-10H2,1-3H3. The summed E-state index contributed by atoms with van der Waals surface area (Å²) < 4.78 is 5.24. The highest BCUT2D eigenvalue weighted by molar-refractivity contribution is 6.30. The number of methoxy groups -OCH3 is 1. The molecule has 0 aliphatic rings. The minimum absolute atomic E-state index is 0.545. The van der Waals surface area contributed by atoms with Gasteiger partial charge >= 0.3 is 0 Å². The highest BCUT2D eigenvalue weighted by Crippen LogP contribution is 2.19. The van der Waals surface area contributed by atoms with Crippen molar-refractivity contribution >= 4 is 11.6 Å². The van der Waals surface area contributed by atoms with E-state index >= 15 is 0 Å². The van der Waals surface area contributed by atoms with Gasteiger partial charge in [-0.15, -0.1) is 0 Å². The average Bonchev–Trinajstić information content (AvgIpc) is 2.31. The van der Waals surface area contributed by atoms with E-state index in [9.17, 15) is 0 Å². The number of rotatable bonds is 7. The van der Waals surface area contributed by atoms with E-state index in [4.69, 9.17) is 16.3 Å². The van der Waals surface area contributed by atoms with Crippen LogP contribution in [0.25, 0.3) is 0 Å². The SMILES string of the molecule is CNCC(Cc1ccc(Cl)cc1)C(C)COC. The number of hydrogen-bond donors (Lipinski definition) is 1. The van der Waals surface area contributed by atoms with Crippen LogP contribution in [0.2, 0.25) is 5.02 Å². The lowest BCUT2D eigenvalue weighted by molar-refractivity contribution is 0.129. The molecule has 0 saturated carbocycles. The summed E-state index contributed by atoms with van der Waals surface area (Å²) in [5.74, 6) is 1.13. The second-order valence-corrected chi connectivity index (χ2v) is 5.02. The maximum atomic E-state index is 5.89. The number of hydrogen-bond acceptors (Lipinski definition) is 2. The summed E-state index contributed by atoms with van der Waals surface area (Å²) in [4.78, 5) is 0. The van der Waals surface area contributed by atoms with Crippen molar-refractivity contribution in [3.63, 3.8) is 0 Å². The van der Waals surface area contributed by atoms with Gasteiger partial charge in [0.15, 0.2) is 0 Å². The zero-order valence-corrected chi connectivity index (χ0v) is 11.6. The fourth-order valence-corrected chi connectivity index (χ4v) is 2.18. The molecular weight excluding hydrogens is 234 g/mol. The van der Waals surface area contributed by atoms with Crippen LogP contribution in [0.5, 0.6) is 0 Å². The third-order valence-corrected chi connectivity index (χ3v) is 3.36. The van der Waals surface area contributed by atoms with Gasteiger partial charge in [0.2, 0.25) is 0 Å². The molecule has 1 rings (SSSR count). The molecule has 2 nitrogen and oxygen atoms in total. The first-order valence-corrected chi connectivity index (χ1v) is 6.43. The summed E-state index contributed by atoms with van der Waals surface area (Å²) in [5, 5.41) is 4.05. The van der Waals surface area contributed by atoms with E-state index in [1.165, 1.54) is 5.56 Å². The lowest BCUT2D eigenvalue weighted by atomic mass is 9.88. The Morgan fingerprint density at radius 3 is 2.47 bits per heavy atom. The Balaban J connectivity index is 2.62. The van der Waals surface area contributed by atoms with Crippen molar-refractivity contribution in [2.45, 2.75) is 13.3 Å². The van der Waals surface area contributed by atoms with Gasteiger partial charge in [-0.1, -0.05) is 30.7 Å². The first-order chi connectivity index (χ1) is 8.17. The minimum atomic E-state index is 0.545. The van der Waals surface area contributed by atoms with E-state index in [2.05, 4.69) is 24.4 Å². The first kappa shape index (κ1) is 14.5. The molecule has 3 heteroatoms. The van der Waals surface area contributed by atoms with E-state index in [0.29, 0.717) is 11.8 Å². The third kappa shape index (κ3) is 5.07. The highest BCUT2D eigenvalue weighted by Gasteiger charge is 2.17. The van der Waals surface area contributed by atoms with Gasteiger partial charge in [-0.2, -0.15) is 0 Å². The zero-order valence-electron chi connectivity index (χ0n) is 10.9. The molecular formula is C14H22ClNO. The topological polar surface area (TPSA) is 21.3 Å². The van der Waals surface area contributed by atoms with Gasteiger partial charge in [-0.25, -0.2) is 0 Å². The van der Waals surface area contributed by atoms with Gasteiger partial charge in [-0.3, -0.25) is 0 Å². The van der Waals surface area contributed by atoms with Crippen LogP contribution < -0.4 is 5.32 Å². The van der Waals surface area contributed by atoms with Crippen LogP contribution >= 0.6 is 11.6 Å². The van der Waals surface area contributed by atoms with Crippen molar-refractivity contribution in [3.05, 3.63) is 34.9 Å². The Morgan fingerprint density at radius 1 is 1.29 bits per heavy atom. The summed E-state index contributed by atoms with van der Waals surface area (Å²) in [6.07, 6.45) is 1.06. The van der Waals surface area contributed by atoms with Crippen LogP contribution in [0.15, 0.2) is 24.3 Å². The molecule has 0 radical (unpaired) electrons. The zero-order chi connectivity index (χ0) is 12.7. The van der Waals surface area contributed by atoms with E-state index in [0.717, 1.165) is 24.6 Å². The van der Waals surface area contributed by atoms with Crippen LogP contribution in [0.1, 0.15) is 12.5 Å². The van der Waals surface area contributed by atoms with Gasteiger partial charge in [0, 0.05) is 18.7 Å². The van der Waals surface area contributed by atoms with Crippen LogP contribution in [0.4, 0.5) is 0 Å². The minimum Gasteiger partial charge on any atom is -0.384 e. The van der Waals surface area contributed by atoms with Crippen LogP contribution in [-0.2, 0) is 11.2 Å². The quantitative estimate of drug-likeness (QED) is 0.809. The van der Waals surface area contributed by atoms with Crippen molar-refractivity contribution in [1.82, 2.24) is 5.32 Å². The Kier molecular flexibility index (Phi) is 6.56. The molecule has 0 aliphatic carbocycles. The Hall–Kier alpha value is -0.570. The molecule has 0 spiro atoms. The largest absolute Gasteiger partial charge is 0.384 e. The highest BCUT2D eigenvalue weighted by atomic mass is 35.5. The molecule has 2 unspecified atom stereocenters. The molecule has 0 aromatic heterocycles. The molecule has 1 aromatic rings. The number of halogens is 1. The predicted molar refractivity (Wildman–Crippen MR) is 73.6 cm³/mol. The van der Waals surface area contributed by atoms with Crippen molar-refractivity contribution < 1.29 is 4.74 Å². The molecule has 2 atom stereocenters. The Morgan fingerprint density at radius 2 is 1.94 bits per heavy atom. The third-order valence-electron chi connectivity index (χ3n) is 3.11. The predicted octanol–water partition coefficient (Wildman–Crippen LogP) is 3.00. The average molecular weight is 256 g/mol. The maximum absolute atomic E-state index is 5.89. The monoisotopic (exact) mass is 255 g/mol. The van der Waals surface area contributed by atoms with Gasteiger partial charge in [0.05, 0.1) is 0 Å². The van der Waals surface area contributed by atoms with E-state index < -0.39 is 0 Å². The summed E-state index contributed by atoms with van der Waals surface area (Å²) in [6, 6.07) is 8.11. The number of benzene rings is 1. The molecule has 0 amide bonds. The van der Waals surface area contributed by atoms with Gasteiger partial charge in [0.1, 0.15) is 0 Å². The van der Waals surface area contributed by atoms with Crippen molar-refractivity contribution in [1.29, 1.82) is 0 Å². The van der Waals surface area contributed by atoms with Crippen molar-refractivity contribution in [2.75, 3.05) is 27.3 Å². The number of ether oxygens (including phenoxy) is 1. The van der Waals surface area contributed by atoms with E-state index in [1.54, 1.807) is 7.11 Å². The first-order valence-electron chi connectivity index (χ1n) is 6.05. The maximum Gasteiger partial charge on any atom is 0.0491 e. The summed E-state index contributed by atoms with van der Waals surface area (Å²) in [7, 11) is 3.75. The van der Waals surface area contributed by atoms with Gasteiger partial charge in [-0.05, 0) is 49.5 Å². The summed E-state index contributed by atoms with van der Waals surface area (Å²) in [5.41, 5.74) is 1.33. The molecule has 1 aromatic carbocycles. The van der Waals surface area contributed by atoms with Gasteiger partial charge < -0.3 is 10.1 Å². The number of nitrogens with one attached hydrogen (secondary N) is 1. The van der Waals surface area contributed by atoms with Crippen molar-refractivity contribution in [2.24, 2.45) is 11.8 Å². The van der Waals surface area contributed by atoms with Gasteiger partial charge in [0.25, 0.3) is 0 Å². The summed E-state index contributed by atoms with van der Waals surface area (Å²) >= 11 is 5.89. The normalized spacial score (nSPS) is 14.6.